The van der Waals surface area contributed by atoms with E-state index >= 15 is 0 Å². The average Bonchev–Trinajstić information content (AvgIpc) is 2.40. The molecule has 0 saturated carbocycles. The van der Waals surface area contributed by atoms with Crippen molar-refractivity contribution in [1.82, 2.24) is 0 Å². The second-order valence-corrected chi connectivity index (χ2v) is 6.50. The molecule has 3 rings (SSSR count). The molecule has 0 spiro atoms. The summed E-state index contributed by atoms with van der Waals surface area (Å²) in [4.78, 5) is 13.2. The van der Waals surface area contributed by atoms with Gasteiger partial charge in [0.2, 0.25) is 0 Å². The molecule has 0 bridgehead atoms. The van der Waals surface area contributed by atoms with E-state index in [4.69, 9.17) is 11.6 Å². The highest BCUT2D eigenvalue weighted by molar-refractivity contribution is 7.19. The van der Waals surface area contributed by atoms with Crippen molar-refractivity contribution in [2.24, 2.45) is 0 Å². The van der Waals surface area contributed by atoms with Gasteiger partial charge in [-0.15, -0.1) is 22.9 Å². The highest BCUT2D eigenvalue weighted by Crippen LogP contribution is 2.35. The molecule has 0 radical (unpaired) electrons. The fourth-order valence-electron chi connectivity index (χ4n) is 2.32. The Bertz CT molecular complexity index is 701. The molecule has 1 aromatic heterocycles. The van der Waals surface area contributed by atoms with E-state index in [1.54, 1.807) is 11.3 Å². The highest BCUT2D eigenvalue weighted by Gasteiger charge is 2.28. The van der Waals surface area contributed by atoms with E-state index in [1.807, 2.05) is 36.4 Å². The van der Waals surface area contributed by atoms with Crippen LogP contribution in [-0.4, -0.2) is 4.87 Å². The molecule has 0 aliphatic heterocycles. The Morgan fingerprint density at radius 2 is 2.17 bits per heavy atom. The maximum absolute atomic E-state index is 12.5. The number of rotatable bonds is 1. The molecule has 92 valence electrons. The van der Waals surface area contributed by atoms with Gasteiger partial charge in [-0.05, 0) is 24.6 Å². The zero-order chi connectivity index (χ0) is 12.8. The molecule has 1 nitrogen and oxygen atoms in total. The number of fused-ring (bicyclic) bond motifs is 2. The van der Waals surface area contributed by atoms with Gasteiger partial charge in [0, 0.05) is 26.9 Å². The summed E-state index contributed by atoms with van der Waals surface area (Å²) in [5, 5.41) is 0.812. The van der Waals surface area contributed by atoms with Crippen molar-refractivity contribution < 1.29 is 0 Å². The summed E-state index contributed by atoms with van der Waals surface area (Å²) >= 11 is 8.16. The van der Waals surface area contributed by atoms with Crippen molar-refractivity contribution in [1.29, 1.82) is 0 Å². The minimum atomic E-state index is -0.388. The predicted molar refractivity (Wildman–Crippen MR) is 79.7 cm³/mol. The summed E-state index contributed by atoms with van der Waals surface area (Å²) < 4.78 is 1.05. The Labute approximate surface area is 115 Å². The van der Waals surface area contributed by atoms with E-state index in [9.17, 15) is 4.79 Å². The van der Waals surface area contributed by atoms with Gasteiger partial charge in [0.1, 0.15) is 0 Å². The van der Waals surface area contributed by atoms with Crippen LogP contribution in [0.15, 0.2) is 35.1 Å². The first kappa shape index (κ1) is 11.9. The third-order valence-corrected chi connectivity index (χ3v) is 5.22. The van der Waals surface area contributed by atoms with Crippen molar-refractivity contribution >= 4 is 39.1 Å². The zero-order valence-electron chi connectivity index (χ0n) is 10.1. The first-order valence-electron chi connectivity index (χ1n) is 6.06. The van der Waals surface area contributed by atoms with Gasteiger partial charge in [-0.25, -0.2) is 0 Å². The minimum Gasteiger partial charge on any atom is -0.289 e. The monoisotopic (exact) mass is 276 g/mol. The fourth-order valence-corrected chi connectivity index (χ4v) is 3.60. The number of alkyl halides is 1. The summed E-state index contributed by atoms with van der Waals surface area (Å²) in [6.07, 6.45) is 5.51. The van der Waals surface area contributed by atoms with E-state index in [1.165, 1.54) is 0 Å². The highest BCUT2D eigenvalue weighted by atomic mass is 35.5. The maximum atomic E-state index is 12.5. The topological polar surface area (TPSA) is 17.1 Å². The van der Waals surface area contributed by atoms with Gasteiger partial charge in [0.15, 0.2) is 5.43 Å². The van der Waals surface area contributed by atoms with Gasteiger partial charge in [-0.3, -0.25) is 4.79 Å². The van der Waals surface area contributed by atoms with E-state index in [0.29, 0.717) is 6.42 Å². The smallest absolute Gasteiger partial charge is 0.191 e. The Morgan fingerprint density at radius 1 is 1.39 bits per heavy atom. The molecule has 1 unspecified atom stereocenters. The van der Waals surface area contributed by atoms with E-state index < -0.39 is 0 Å². The summed E-state index contributed by atoms with van der Waals surface area (Å²) in [6.45, 7) is 2.05. The molecule has 0 fully saturated rings. The number of halogens is 1. The lowest BCUT2D eigenvalue weighted by molar-refractivity contribution is 0.662. The van der Waals surface area contributed by atoms with Crippen molar-refractivity contribution in [2.75, 3.05) is 0 Å². The summed E-state index contributed by atoms with van der Waals surface area (Å²) in [7, 11) is 0. The number of allylic oxidation sites excluding steroid dienone is 1. The summed E-state index contributed by atoms with van der Waals surface area (Å²) in [5.74, 6) is 0. The third kappa shape index (κ3) is 1.80. The van der Waals surface area contributed by atoms with Crippen LogP contribution in [-0.2, 0) is 6.42 Å². The van der Waals surface area contributed by atoms with E-state index in [-0.39, 0.29) is 10.3 Å². The lowest BCUT2D eigenvalue weighted by Gasteiger charge is -2.26. The van der Waals surface area contributed by atoms with Crippen LogP contribution in [0, 0.1) is 0 Å². The lowest BCUT2D eigenvalue weighted by Crippen LogP contribution is -2.27. The lowest BCUT2D eigenvalue weighted by atomic mass is 9.90. The quantitative estimate of drug-likeness (QED) is 0.713. The van der Waals surface area contributed by atoms with Gasteiger partial charge in [0.25, 0.3) is 0 Å². The molecule has 0 N–H and O–H groups in total. The molecule has 0 saturated heterocycles. The van der Waals surface area contributed by atoms with Crippen molar-refractivity contribution in [3.63, 3.8) is 0 Å². The van der Waals surface area contributed by atoms with Gasteiger partial charge in [0.05, 0.1) is 4.87 Å². The Hall–Kier alpha value is -1.12. The second kappa shape index (κ2) is 4.22. The minimum absolute atomic E-state index is 0.141. The molecule has 1 atom stereocenters. The maximum Gasteiger partial charge on any atom is 0.191 e. The van der Waals surface area contributed by atoms with Crippen molar-refractivity contribution in [3.05, 3.63) is 51.0 Å². The Kier molecular flexibility index (Phi) is 2.80. The first-order chi connectivity index (χ1) is 8.63. The van der Waals surface area contributed by atoms with Gasteiger partial charge in [-0.1, -0.05) is 25.1 Å². The van der Waals surface area contributed by atoms with Gasteiger partial charge in [-0.2, -0.15) is 0 Å². The van der Waals surface area contributed by atoms with Gasteiger partial charge < -0.3 is 0 Å². The van der Waals surface area contributed by atoms with E-state index in [2.05, 4.69) is 6.92 Å². The number of benzene rings is 1. The van der Waals surface area contributed by atoms with Crippen LogP contribution in [0.4, 0.5) is 0 Å². The van der Waals surface area contributed by atoms with Crippen LogP contribution in [0.2, 0.25) is 0 Å². The molecular weight excluding hydrogens is 264 g/mol. The van der Waals surface area contributed by atoms with Gasteiger partial charge >= 0.3 is 0 Å². The van der Waals surface area contributed by atoms with Crippen LogP contribution >= 0.6 is 22.9 Å². The normalized spacial score (nSPS) is 22.1. The van der Waals surface area contributed by atoms with E-state index in [0.717, 1.165) is 26.9 Å². The molecule has 18 heavy (non-hydrogen) atoms. The largest absolute Gasteiger partial charge is 0.289 e. The second-order valence-electron chi connectivity index (χ2n) is 4.67. The zero-order valence-corrected chi connectivity index (χ0v) is 11.6. The first-order valence-corrected chi connectivity index (χ1v) is 7.25. The van der Waals surface area contributed by atoms with Crippen molar-refractivity contribution in [3.8, 4) is 0 Å². The summed E-state index contributed by atoms with van der Waals surface area (Å²) in [5.41, 5.74) is 1.01. The molecule has 0 amide bonds. The number of hydrogen-bond acceptors (Lipinski definition) is 2. The molecular formula is C15H13ClOS. The molecule has 1 aliphatic carbocycles. The van der Waals surface area contributed by atoms with Crippen LogP contribution in [0.3, 0.4) is 0 Å². The molecule has 1 heterocycles. The molecule has 3 heteroatoms. The SMILES string of the molecule is CCC1(Cl)C=Cc2sc3ccccc3c(=O)c2C1. The van der Waals surface area contributed by atoms with Crippen molar-refractivity contribution in [2.45, 2.75) is 24.6 Å². The van der Waals surface area contributed by atoms with Crippen LogP contribution in [0.5, 0.6) is 0 Å². The predicted octanol–water partition coefficient (Wildman–Crippen LogP) is 4.22. The third-order valence-electron chi connectivity index (χ3n) is 3.51. The summed E-state index contributed by atoms with van der Waals surface area (Å²) in [6, 6.07) is 7.77. The van der Waals surface area contributed by atoms with Crippen LogP contribution in [0.25, 0.3) is 16.2 Å². The Balaban J connectivity index is 2.29. The molecule has 1 aliphatic rings. The molecule has 1 aromatic carbocycles. The Morgan fingerprint density at radius 3 is 2.94 bits per heavy atom. The van der Waals surface area contributed by atoms with Crippen LogP contribution in [0.1, 0.15) is 23.8 Å². The fraction of sp³-hybridized carbons (Fsp3) is 0.267. The van der Waals surface area contributed by atoms with Crippen LogP contribution < -0.4 is 5.43 Å². The average molecular weight is 277 g/mol. The standard InChI is InChI=1S/C15H13ClOS/c1-2-15(16)8-7-13-11(9-15)14(17)10-5-3-4-6-12(10)18-13/h3-8H,2,9H2,1H3. The molecule has 2 aromatic rings. The number of hydrogen-bond donors (Lipinski definition) is 0.